The number of hydrogen-bond acceptors (Lipinski definition) is 3. The van der Waals surface area contributed by atoms with Gasteiger partial charge in [0.15, 0.2) is 0 Å². The molecule has 0 bridgehead atoms. The average molecular weight is 145 g/mol. The molecule has 1 heterocycles. The summed E-state index contributed by atoms with van der Waals surface area (Å²) >= 11 is 0. The molecule has 0 saturated carbocycles. The van der Waals surface area contributed by atoms with Gasteiger partial charge >= 0.3 is 0 Å². The van der Waals surface area contributed by atoms with Crippen molar-refractivity contribution in [2.24, 2.45) is 5.92 Å². The van der Waals surface area contributed by atoms with Crippen LogP contribution in [-0.4, -0.2) is 37.5 Å². The average Bonchev–Trinajstić information content (AvgIpc) is 1.92. The molecule has 0 amide bonds. The molecule has 0 spiro atoms. The lowest BCUT2D eigenvalue weighted by molar-refractivity contribution is 0.0213. The third-order valence-electron chi connectivity index (χ3n) is 1.81. The van der Waals surface area contributed by atoms with Crippen LogP contribution in [0.25, 0.3) is 0 Å². The first-order valence-electron chi connectivity index (χ1n) is 3.77. The lowest BCUT2D eigenvalue weighted by Crippen LogP contribution is -2.38. The van der Waals surface area contributed by atoms with Gasteiger partial charge in [0, 0.05) is 19.0 Å². The Balaban J connectivity index is 2.28. The highest BCUT2D eigenvalue weighted by molar-refractivity contribution is 4.68. The van der Waals surface area contributed by atoms with Gasteiger partial charge in [-0.25, -0.2) is 0 Å². The first-order chi connectivity index (χ1) is 4.80. The van der Waals surface area contributed by atoms with Gasteiger partial charge in [-0.3, -0.25) is 0 Å². The van der Waals surface area contributed by atoms with Crippen molar-refractivity contribution in [3.63, 3.8) is 0 Å². The van der Waals surface area contributed by atoms with Crippen molar-refractivity contribution in [3.8, 4) is 0 Å². The van der Waals surface area contributed by atoms with Crippen molar-refractivity contribution in [1.82, 2.24) is 5.32 Å². The van der Waals surface area contributed by atoms with Crippen molar-refractivity contribution < 1.29 is 9.84 Å². The summed E-state index contributed by atoms with van der Waals surface area (Å²) in [5, 5.41) is 12.4. The fourth-order valence-electron chi connectivity index (χ4n) is 0.976. The molecule has 60 valence electrons. The quantitative estimate of drug-likeness (QED) is 0.487. The summed E-state index contributed by atoms with van der Waals surface area (Å²) in [4.78, 5) is 0. The highest BCUT2D eigenvalue weighted by Gasteiger charge is 2.15. The van der Waals surface area contributed by atoms with Gasteiger partial charge < -0.3 is 15.2 Å². The van der Waals surface area contributed by atoms with E-state index in [4.69, 9.17) is 4.74 Å². The van der Waals surface area contributed by atoms with E-state index in [1.807, 2.05) is 6.92 Å². The molecule has 2 N–H and O–H groups in total. The standard InChI is InChI=1S/C7H15NO2/c1-6-5-10-3-2-8-4-7(6)9/h6-9H,2-5H2,1H3/t6-,7-/m0/s1. The molecule has 0 radical (unpaired) electrons. The Hall–Kier alpha value is -0.120. The van der Waals surface area contributed by atoms with Crippen molar-refractivity contribution in [2.75, 3.05) is 26.3 Å². The van der Waals surface area contributed by atoms with Gasteiger partial charge in [0.25, 0.3) is 0 Å². The van der Waals surface area contributed by atoms with Gasteiger partial charge in [-0.05, 0) is 0 Å². The van der Waals surface area contributed by atoms with Gasteiger partial charge in [0.1, 0.15) is 0 Å². The Labute approximate surface area is 61.4 Å². The van der Waals surface area contributed by atoms with Gasteiger partial charge in [-0.15, -0.1) is 0 Å². The molecule has 0 aromatic rings. The largest absolute Gasteiger partial charge is 0.391 e. The van der Waals surface area contributed by atoms with Crippen LogP contribution >= 0.6 is 0 Å². The molecule has 0 aromatic heterocycles. The second-order valence-corrected chi connectivity index (χ2v) is 2.82. The molecule has 1 saturated heterocycles. The molecule has 1 aliphatic rings. The lowest BCUT2D eigenvalue weighted by Gasteiger charge is -2.22. The van der Waals surface area contributed by atoms with Crippen LogP contribution in [-0.2, 0) is 4.74 Å². The summed E-state index contributed by atoms with van der Waals surface area (Å²) in [6, 6.07) is 0. The van der Waals surface area contributed by atoms with Crippen LogP contribution in [0.4, 0.5) is 0 Å². The van der Waals surface area contributed by atoms with Gasteiger partial charge in [0.05, 0.1) is 19.3 Å². The Morgan fingerprint density at radius 3 is 3.20 bits per heavy atom. The van der Waals surface area contributed by atoms with Crippen LogP contribution in [0.5, 0.6) is 0 Å². The number of nitrogens with one attached hydrogen (secondary N) is 1. The maximum Gasteiger partial charge on any atom is 0.0712 e. The summed E-state index contributed by atoms with van der Waals surface area (Å²) in [5.74, 6) is 0.257. The lowest BCUT2D eigenvalue weighted by atomic mass is 10.1. The Morgan fingerprint density at radius 1 is 1.60 bits per heavy atom. The fourth-order valence-corrected chi connectivity index (χ4v) is 0.976. The van der Waals surface area contributed by atoms with E-state index in [-0.39, 0.29) is 12.0 Å². The van der Waals surface area contributed by atoms with Gasteiger partial charge in [-0.1, -0.05) is 6.92 Å². The first-order valence-corrected chi connectivity index (χ1v) is 3.77. The third-order valence-corrected chi connectivity index (χ3v) is 1.81. The van der Waals surface area contributed by atoms with Crippen molar-refractivity contribution in [1.29, 1.82) is 0 Å². The summed E-state index contributed by atoms with van der Waals surface area (Å²) in [5.41, 5.74) is 0. The summed E-state index contributed by atoms with van der Waals surface area (Å²) in [6.07, 6.45) is -0.250. The molecule has 10 heavy (non-hydrogen) atoms. The molecular weight excluding hydrogens is 130 g/mol. The fraction of sp³-hybridized carbons (Fsp3) is 1.00. The highest BCUT2D eigenvalue weighted by atomic mass is 16.5. The van der Waals surface area contributed by atoms with E-state index in [1.54, 1.807) is 0 Å². The minimum absolute atomic E-state index is 0.250. The maximum absolute atomic E-state index is 9.34. The van der Waals surface area contributed by atoms with Gasteiger partial charge in [-0.2, -0.15) is 0 Å². The smallest absolute Gasteiger partial charge is 0.0712 e. The predicted octanol–water partition coefficient (Wildman–Crippen LogP) is -0.397. The van der Waals surface area contributed by atoms with Crippen molar-refractivity contribution in [2.45, 2.75) is 13.0 Å². The molecule has 0 aromatic carbocycles. The van der Waals surface area contributed by atoms with E-state index < -0.39 is 0 Å². The molecule has 0 aliphatic carbocycles. The van der Waals surface area contributed by atoms with E-state index in [2.05, 4.69) is 5.32 Å². The van der Waals surface area contributed by atoms with E-state index in [0.717, 1.165) is 13.2 Å². The second kappa shape index (κ2) is 3.91. The summed E-state index contributed by atoms with van der Waals surface area (Å²) in [6.45, 7) is 4.99. The maximum atomic E-state index is 9.34. The van der Waals surface area contributed by atoms with Crippen LogP contribution in [0.3, 0.4) is 0 Å². The Morgan fingerprint density at radius 2 is 2.40 bits per heavy atom. The number of rotatable bonds is 0. The van der Waals surface area contributed by atoms with E-state index in [0.29, 0.717) is 13.2 Å². The monoisotopic (exact) mass is 145 g/mol. The van der Waals surface area contributed by atoms with E-state index in [9.17, 15) is 5.11 Å². The predicted molar refractivity (Wildman–Crippen MR) is 38.9 cm³/mol. The number of β-amino-alcohol motifs (C(OH)–C–C–N with tert-alkyl or cyclic N) is 1. The molecule has 1 fully saturated rings. The molecular formula is C7H15NO2. The zero-order valence-electron chi connectivity index (χ0n) is 6.34. The molecule has 2 atom stereocenters. The van der Waals surface area contributed by atoms with Crippen molar-refractivity contribution >= 4 is 0 Å². The number of aliphatic hydroxyl groups excluding tert-OH is 1. The minimum Gasteiger partial charge on any atom is -0.391 e. The summed E-state index contributed by atoms with van der Waals surface area (Å²) < 4.78 is 5.23. The zero-order chi connectivity index (χ0) is 7.40. The minimum atomic E-state index is -0.250. The molecule has 1 aliphatic heterocycles. The Kier molecular flexibility index (Phi) is 3.12. The van der Waals surface area contributed by atoms with Crippen LogP contribution in [0.1, 0.15) is 6.92 Å². The van der Waals surface area contributed by atoms with E-state index in [1.165, 1.54) is 0 Å². The van der Waals surface area contributed by atoms with Crippen molar-refractivity contribution in [3.05, 3.63) is 0 Å². The third kappa shape index (κ3) is 2.25. The molecule has 0 unspecified atom stereocenters. The molecule has 3 heteroatoms. The van der Waals surface area contributed by atoms with Crippen LogP contribution in [0, 0.1) is 5.92 Å². The van der Waals surface area contributed by atoms with Crippen LogP contribution in [0.2, 0.25) is 0 Å². The first kappa shape index (κ1) is 7.98. The van der Waals surface area contributed by atoms with Crippen LogP contribution < -0.4 is 5.32 Å². The van der Waals surface area contributed by atoms with Gasteiger partial charge in [0.2, 0.25) is 0 Å². The highest BCUT2D eigenvalue weighted by Crippen LogP contribution is 2.03. The second-order valence-electron chi connectivity index (χ2n) is 2.82. The number of aliphatic hydroxyl groups is 1. The SMILES string of the molecule is C[C@H]1COCCNC[C@@H]1O. The van der Waals surface area contributed by atoms with Crippen LogP contribution in [0.15, 0.2) is 0 Å². The molecule has 3 nitrogen and oxygen atoms in total. The molecule has 1 rings (SSSR count). The summed E-state index contributed by atoms with van der Waals surface area (Å²) in [7, 11) is 0. The topological polar surface area (TPSA) is 41.5 Å². The Bertz CT molecular complexity index is 85.6. The zero-order valence-corrected chi connectivity index (χ0v) is 6.34. The number of ether oxygens (including phenoxy) is 1. The van der Waals surface area contributed by atoms with E-state index >= 15 is 0 Å². The number of hydrogen-bond donors (Lipinski definition) is 2. The normalized spacial score (nSPS) is 36.6.